The average Bonchev–Trinajstić information content (AvgIpc) is 3.23. The molecule has 172 valence electrons. The van der Waals surface area contributed by atoms with Crippen molar-refractivity contribution in [3.63, 3.8) is 0 Å². The lowest BCUT2D eigenvalue weighted by atomic mass is 10.0. The van der Waals surface area contributed by atoms with Crippen LogP contribution in [0.4, 0.5) is 5.69 Å². The van der Waals surface area contributed by atoms with E-state index in [-0.39, 0.29) is 11.5 Å². The number of primary amides is 1. The standard InChI is InChI=1S/C27H26N4O2S/c1-16-8-12-19(13-9-16)23-24(20-14-10-17(2)11-15-20)31-27(30-23)34-18(3)26(33)29-22-7-5-4-6-21(22)25(28)32/h4-15,18H,1-3H3,(H2,28,32)(H,29,33)(H,30,31). The molecule has 0 saturated heterocycles. The van der Waals surface area contributed by atoms with Crippen molar-refractivity contribution in [2.75, 3.05) is 5.32 Å². The molecule has 4 aromatic rings. The summed E-state index contributed by atoms with van der Waals surface area (Å²) < 4.78 is 0. The fraction of sp³-hybridized carbons (Fsp3) is 0.148. The number of anilines is 1. The largest absolute Gasteiger partial charge is 0.366 e. The number of aromatic amines is 1. The summed E-state index contributed by atoms with van der Waals surface area (Å²) in [6.07, 6.45) is 0. The number of nitrogens with zero attached hydrogens (tertiary/aromatic N) is 1. The van der Waals surface area contributed by atoms with Crippen LogP contribution in [0, 0.1) is 13.8 Å². The van der Waals surface area contributed by atoms with Gasteiger partial charge in [-0.25, -0.2) is 4.98 Å². The molecule has 0 fully saturated rings. The maximum Gasteiger partial charge on any atom is 0.250 e. The molecule has 1 heterocycles. The Kier molecular flexibility index (Phi) is 6.84. The molecule has 0 aliphatic carbocycles. The third kappa shape index (κ3) is 5.21. The third-order valence-electron chi connectivity index (χ3n) is 5.46. The van der Waals surface area contributed by atoms with Crippen molar-refractivity contribution in [2.24, 2.45) is 5.73 Å². The van der Waals surface area contributed by atoms with Crippen molar-refractivity contribution in [1.29, 1.82) is 0 Å². The highest BCUT2D eigenvalue weighted by atomic mass is 32.2. The van der Waals surface area contributed by atoms with Crippen molar-refractivity contribution >= 4 is 29.3 Å². The normalized spacial score (nSPS) is 11.7. The fourth-order valence-corrected chi connectivity index (χ4v) is 4.32. The van der Waals surface area contributed by atoms with Crippen LogP contribution < -0.4 is 11.1 Å². The zero-order chi connectivity index (χ0) is 24.2. The molecule has 0 aliphatic heterocycles. The molecule has 4 N–H and O–H groups in total. The quantitative estimate of drug-likeness (QED) is 0.307. The van der Waals surface area contributed by atoms with E-state index in [1.54, 1.807) is 31.2 Å². The molecule has 0 radical (unpaired) electrons. The van der Waals surface area contributed by atoms with Crippen LogP contribution in [-0.2, 0) is 4.79 Å². The van der Waals surface area contributed by atoms with Crippen LogP contribution in [-0.4, -0.2) is 27.0 Å². The number of nitrogens with two attached hydrogens (primary N) is 1. The Labute approximate surface area is 203 Å². The first-order valence-corrected chi connectivity index (χ1v) is 11.8. The minimum absolute atomic E-state index is 0.246. The highest BCUT2D eigenvalue weighted by molar-refractivity contribution is 8.00. The van der Waals surface area contributed by atoms with E-state index >= 15 is 0 Å². The molecule has 0 bridgehead atoms. The summed E-state index contributed by atoms with van der Waals surface area (Å²) in [5.74, 6) is -0.836. The smallest absolute Gasteiger partial charge is 0.250 e. The van der Waals surface area contributed by atoms with Gasteiger partial charge >= 0.3 is 0 Å². The van der Waals surface area contributed by atoms with Crippen LogP contribution in [0.1, 0.15) is 28.4 Å². The molecule has 0 aliphatic rings. The highest BCUT2D eigenvalue weighted by Gasteiger charge is 2.21. The van der Waals surface area contributed by atoms with E-state index < -0.39 is 11.2 Å². The first-order valence-electron chi connectivity index (χ1n) is 10.9. The van der Waals surface area contributed by atoms with Crippen LogP contribution in [0.25, 0.3) is 22.5 Å². The Morgan fingerprint density at radius 1 is 0.912 bits per heavy atom. The fourth-order valence-electron chi connectivity index (χ4n) is 3.52. The zero-order valence-corrected chi connectivity index (χ0v) is 20.1. The van der Waals surface area contributed by atoms with E-state index in [4.69, 9.17) is 10.7 Å². The van der Waals surface area contributed by atoms with Crippen LogP contribution in [0.5, 0.6) is 0 Å². The minimum Gasteiger partial charge on any atom is -0.366 e. The van der Waals surface area contributed by atoms with Gasteiger partial charge in [0.1, 0.15) is 0 Å². The number of carbonyl (C=O) groups excluding carboxylic acids is 2. The van der Waals surface area contributed by atoms with Gasteiger partial charge in [-0.3, -0.25) is 9.59 Å². The third-order valence-corrected chi connectivity index (χ3v) is 6.44. The second-order valence-corrected chi connectivity index (χ2v) is 9.49. The van der Waals surface area contributed by atoms with Gasteiger partial charge in [-0.05, 0) is 32.9 Å². The van der Waals surface area contributed by atoms with E-state index in [9.17, 15) is 9.59 Å². The van der Waals surface area contributed by atoms with Crippen molar-refractivity contribution < 1.29 is 9.59 Å². The van der Waals surface area contributed by atoms with Gasteiger partial charge in [0.2, 0.25) is 5.91 Å². The van der Waals surface area contributed by atoms with Crippen LogP contribution in [0.3, 0.4) is 0 Å². The predicted octanol–water partition coefficient (Wildman–Crippen LogP) is 5.58. The molecule has 7 heteroatoms. The molecule has 1 unspecified atom stereocenters. The highest BCUT2D eigenvalue weighted by Crippen LogP contribution is 2.34. The number of nitrogens with one attached hydrogen (secondary N) is 2. The maximum atomic E-state index is 12.9. The summed E-state index contributed by atoms with van der Waals surface area (Å²) in [6, 6.07) is 23.2. The van der Waals surface area contributed by atoms with Crippen LogP contribution in [0.15, 0.2) is 78.0 Å². The topological polar surface area (TPSA) is 101 Å². The number of rotatable bonds is 7. The number of aromatic nitrogens is 2. The monoisotopic (exact) mass is 470 g/mol. The number of aryl methyl sites for hydroxylation is 2. The molecule has 4 rings (SSSR count). The van der Waals surface area contributed by atoms with Gasteiger partial charge in [0.15, 0.2) is 5.16 Å². The molecule has 34 heavy (non-hydrogen) atoms. The van der Waals surface area contributed by atoms with Gasteiger partial charge in [0.05, 0.1) is 27.9 Å². The van der Waals surface area contributed by atoms with Gasteiger partial charge in [0, 0.05) is 11.1 Å². The van der Waals surface area contributed by atoms with Gasteiger partial charge in [-0.2, -0.15) is 0 Å². The summed E-state index contributed by atoms with van der Waals surface area (Å²) in [7, 11) is 0. The second-order valence-electron chi connectivity index (χ2n) is 8.16. The van der Waals surface area contributed by atoms with Gasteiger partial charge in [0.25, 0.3) is 5.91 Å². The summed E-state index contributed by atoms with van der Waals surface area (Å²) in [5.41, 5.74) is 12.2. The van der Waals surface area contributed by atoms with Gasteiger partial charge in [-0.15, -0.1) is 0 Å². The Hall–Kier alpha value is -3.84. The lowest BCUT2D eigenvalue weighted by Crippen LogP contribution is -2.24. The van der Waals surface area contributed by atoms with Gasteiger partial charge in [-0.1, -0.05) is 83.6 Å². The summed E-state index contributed by atoms with van der Waals surface area (Å²) >= 11 is 1.32. The Morgan fingerprint density at radius 3 is 2.12 bits per heavy atom. The number of thioether (sulfide) groups is 1. The van der Waals surface area contributed by atoms with E-state index in [1.807, 2.05) is 6.92 Å². The summed E-state index contributed by atoms with van der Waals surface area (Å²) in [5, 5.41) is 2.97. The SMILES string of the molecule is Cc1ccc(-c2nc(SC(C)C(=O)Nc3ccccc3C(N)=O)[nH]c2-c2ccc(C)cc2)cc1. The van der Waals surface area contributed by atoms with Crippen molar-refractivity contribution in [2.45, 2.75) is 31.2 Å². The first kappa shape index (κ1) is 23.3. The molecule has 0 saturated carbocycles. The molecule has 6 nitrogen and oxygen atoms in total. The van der Waals surface area contributed by atoms with Gasteiger partial charge < -0.3 is 16.0 Å². The molecular weight excluding hydrogens is 444 g/mol. The van der Waals surface area contributed by atoms with E-state index in [0.29, 0.717) is 10.8 Å². The lowest BCUT2D eigenvalue weighted by molar-refractivity contribution is -0.115. The minimum atomic E-state index is -0.590. The van der Waals surface area contributed by atoms with E-state index in [0.717, 1.165) is 22.5 Å². The Morgan fingerprint density at radius 2 is 1.50 bits per heavy atom. The van der Waals surface area contributed by atoms with Crippen molar-refractivity contribution in [3.05, 3.63) is 89.5 Å². The van der Waals surface area contributed by atoms with E-state index in [2.05, 4.69) is 65.8 Å². The molecule has 1 atom stereocenters. The number of imidazole rings is 1. The number of carbonyl (C=O) groups is 2. The zero-order valence-electron chi connectivity index (χ0n) is 19.3. The Bertz CT molecular complexity index is 1260. The van der Waals surface area contributed by atoms with Crippen LogP contribution >= 0.6 is 11.8 Å². The lowest BCUT2D eigenvalue weighted by Gasteiger charge is -2.12. The molecule has 2 amide bonds. The molecule has 1 aromatic heterocycles. The van der Waals surface area contributed by atoms with Crippen molar-refractivity contribution in [3.8, 4) is 22.5 Å². The maximum absolute atomic E-state index is 12.9. The number of hydrogen-bond acceptors (Lipinski definition) is 4. The van der Waals surface area contributed by atoms with Crippen LogP contribution in [0.2, 0.25) is 0 Å². The predicted molar refractivity (Wildman–Crippen MR) is 138 cm³/mol. The number of H-pyrrole nitrogens is 1. The number of amides is 2. The van der Waals surface area contributed by atoms with E-state index in [1.165, 1.54) is 22.9 Å². The summed E-state index contributed by atoms with van der Waals surface area (Å²) in [6.45, 7) is 5.90. The first-order chi connectivity index (χ1) is 16.3. The number of para-hydroxylation sites is 1. The van der Waals surface area contributed by atoms with Crippen molar-refractivity contribution in [1.82, 2.24) is 9.97 Å². The number of hydrogen-bond donors (Lipinski definition) is 3. The average molecular weight is 471 g/mol. The number of benzene rings is 3. The summed E-state index contributed by atoms with van der Waals surface area (Å²) in [4.78, 5) is 32.8. The second kappa shape index (κ2) is 9.97. The molecule has 3 aromatic carbocycles. The molecular formula is C27H26N4O2S. The Balaban J connectivity index is 1.61. The molecule has 0 spiro atoms.